The summed E-state index contributed by atoms with van der Waals surface area (Å²) in [6.45, 7) is 8.74. The molecular formula is C22H27N3O3. The SMILES string of the molecule is CCOc1ccc([C@@H](C)N[C@@H](C)C(=O)Nc2ccccc2C#N)cc1OCC. The van der Waals surface area contributed by atoms with Gasteiger partial charge < -0.3 is 14.8 Å². The van der Waals surface area contributed by atoms with Crippen molar-refractivity contribution in [2.24, 2.45) is 0 Å². The van der Waals surface area contributed by atoms with Crippen LogP contribution in [0.2, 0.25) is 0 Å². The molecule has 28 heavy (non-hydrogen) atoms. The molecule has 2 aromatic rings. The largest absolute Gasteiger partial charge is 0.490 e. The first-order chi connectivity index (χ1) is 13.5. The number of carbonyl (C=O) groups excluding carboxylic acids is 1. The Bertz CT molecular complexity index is 845. The molecule has 0 aliphatic carbocycles. The van der Waals surface area contributed by atoms with Crippen LogP contribution in [-0.4, -0.2) is 25.2 Å². The molecule has 0 aromatic heterocycles. The van der Waals surface area contributed by atoms with E-state index < -0.39 is 6.04 Å². The Hall–Kier alpha value is -3.04. The molecule has 0 aliphatic heterocycles. The Morgan fingerprint density at radius 1 is 1.07 bits per heavy atom. The topological polar surface area (TPSA) is 83.4 Å². The highest BCUT2D eigenvalue weighted by atomic mass is 16.5. The second-order valence-corrected chi connectivity index (χ2v) is 6.33. The number of nitriles is 1. The van der Waals surface area contributed by atoms with Crippen LogP contribution in [0.1, 0.15) is 44.9 Å². The third kappa shape index (κ3) is 5.48. The predicted molar refractivity (Wildman–Crippen MR) is 110 cm³/mol. The van der Waals surface area contributed by atoms with E-state index in [0.717, 1.165) is 5.56 Å². The number of nitrogens with one attached hydrogen (secondary N) is 2. The summed E-state index contributed by atoms with van der Waals surface area (Å²) in [5.41, 5.74) is 1.93. The number of nitrogens with zero attached hydrogens (tertiary/aromatic N) is 1. The zero-order valence-electron chi connectivity index (χ0n) is 16.8. The van der Waals surface area contributed by atoms with Gasteiger partial charge in [0.05, 0.1) is 30.5 Å². The molecule has 2 rings (SSSR count). The molecule has 0 unspecified atom stereocenters. The number of rotatable bonds is 9. The third-order valence-electron chi connectivity index (χ3n) is 4.27. The Morgan fingerprint density at radius 2 is 1.75 bits per heavy atom. The fourth-order valence-electron chi connectivity index (χ4n) is 2.81. The number of anilines is 1. The van der Waals surface area contributed by atoms with Gasteiger partial charge in [-0.2, -0.15) is 5.26 Å². The van der Waals surface area contributed by atoms with Gasteiger partial charge in [-0.3, -0.25) is 10.1 Å². The minimum Gasteiger partial charge on any atom is -0.490 e. The van der Waals surface area contributed by atoms with Crippen LogP contribution < -0.4 is 20.1 Å². The molecule has 0 fully saturated rings. The summed E-state index contributed by atoms with van der Waals surface area (Å²) >= 11 is 0. The molecular weight excluding hydrogens is 354 g/mol. The smallest absolute Gasteiger partial charge is 0.241 e. The molecule has 0 bridgehead atoms. The van der Waals surface area contributed by atoms with Gasteiger partial charge in [-0.1, -0.05) is 18.2 Å². The van der Waals surface area contributed by atoms with Crippen LogP contribution in [0.25, 0.3) is 0 Å². The van der Waals surface area contributed by atoms with Gasteiger partial charge in [0.1, 0.15) is 6.07 Å². The summed E-state index contributed by atoms with van der Waals surface area (Å²) in [4.78, 5) is 12.5. The summed E-state index contributed by atoms with van der Waals surface area (Å²) < 4.78 is 11.3. The minimum atomic E-state index is -0.455. The number of ether oxygens (including phenoxy) is 2. The molecule has 0 spiro atoms. The number of benzene rings is 2. The van der Waals surface area contributed by atoms with Gasteiger partial charge in [0.25, 0.3) is 0 Å². The average Bonchev–Trinajstić information content (AvgIpc) is 2.69. The van der Waals surface area contributed by atoms with Crippen molar-refractivity contribution in [1.29, 1.82) is 5.26 Å². The minimum absolute atomic E-state index is 0.0816. The lowest BCUT2D eigenvalue weighted by molar-refractivity contribution is -0.117. The van der Waals surface area contributed by atoms with E-state index in [1.54, 1.807) is 31.2 Å². The second kappa shape index (κ2) is 10.3. The van der Waals surface area contributed by atoms with E-state index in [9.17, 15) is 4.79 Å². The lowest BCUT2D eigenvalue weighted by Crippen LogP contribution is -2.39. The molecule has 6 nitrogen and oxygen atoms in total. The van der Waals surface area contributed by atoms with Crippen molar-refractivity contribution in [3.8, 4) is 17.6 Å². The summed E-state index contributed by atoms with van der Waals surface area (Å²) in [5.74, 6) is 1.19. The Kier molecular flexibility index (Phi) is 7.85. The van der Waals surface area contributed by atoms with E-state index in [-0.39, 0.29) is 11.9 Å². The first kappa shape index (κ1) is 21.3. The Morgan fingerprint density at radius 3 is 2.43 bits per heavy atom. The lowest BCUT2D eigenvalue weighted by Gasteiger charge is -2.21. The fraction of sp³-hybridized carbons (Fsp3) is 0.364. The maximum atomic E-state index is 12.5. The molecule has 2 aromatic carbocycles. The van der Waals surface area contributed by atoms with Gasteiger partial charge in [0.15, 0.2) is 11.5 Å². The monoisotopic (exact) mass is 381 g/mol. The first-order valence-corrected chi connectivity index (χ1v) is 9.45. The molecule has 0 saturated carbocycles. The molecule has 1 amide bonds. The first-order valence-electron chi connectivity index (χ1n) is 9.45. The summed E-state index contributed by atoms with van der Waals surface area (Å²) in [7, 11) is 0. The molecule has 0 aliphatic rings. The maximum absolute atomic E-state index is 12.5. The molecule has 2 atom stereocenters. The standard InChI is InChI=1S/C22H27N3O3/c1-5-27-20-12-11-17(13-21(20)28-6-2)15(3)24-16(4)22(26)25-19-10-8-7-9-18(19)14-23/h7-13,15-16,24H,5-6H2,1-4H3,(H,25,26)/t15-,16+/m1/s1. The highest BCUT2D eigenvalue weighted by Crippen LogP contribution is 2.30. The van der Waals surface area contributed by atoms with Crippen molar-refractivity contribution in [2.45, 2.75) is 39.8 Å². The zero-order chi connectivity index (χ0) is 20.5. The van der Waals surface area contributed by atoms with Crippen LogP contribution >= 0.6 is 0 Å². The van der Waals surface area contributed by atoms with Crippen LogP contribution in [-0.2, 0) is 4.79 Å². The van der Waals surface area contributed by atoms with Crippen molar-refractivity contribution in [3.05, 3.63) is 53.6 Å². The lowest BCUT2D eigenvalue weighted by atomic mass is 10.1. The van der Waals surface area contributed by atoms with Crippen molar-refractivity contribution in [1.82, 2.24) is 5.32 Å². The predicted octanol–water partition coefficient (Wildman–Crippen LogP) is 4.03. The molecule has 0 radical (unpaired) electrons. The molecule has 6 heteroatoms. The van der Waals surface area contributed by atoms with E-state index in [2.05, 4.69) is 16.7 Å². The molecule has 2 N–H and O–H groups in total. The summed E-state index contributed by atoms with van der Waals surface area (Å²) in [6.07, 6.45) is 0. The number of carbonyl (C=O) groups is 1. The van der Waals surface area contributed by atoms with Crippen molar-refractivity contribution < 1.29 is 14.3 Å². The van der Waals surface area contributed by atoms with Crippen LogP contribution in [0.5, 0.6) is 11.5 Å². The van der Waals surface area contributed by atoms with Crippen molar-refractivity contribution >= 4 is 11.6 Å². The highest BCUT2D eigenvalue weighted by molar-refractivity contribution is 5.95. The van der Waals surface area contributed by atoms with Crippen molar-refractivity contribution in [3.63, 3.8) is 0 Å². The van der Waals surface area contributed by atoms with E-state index in [4.69, 9.17) is 14.7 Å². The van der Waals surface area contributed by atoms with Gasteiger partial charge in [-0.15, -0.1) is 0 Å². The quantitative estimate of drug-likeness (QED) is 0.685. The third-order valence-corrected chi connectivity index (χ3v) is 4.27. The summed E-state index contributed by atoms with van der Waals surface area (Å²) in [5, 5.41) is 15.2. The number of para-hydroxylation sites is 1. The number of hydrogen-bond acceptors (Lipinski definition) is 5. The maximum Gasteiger partial charge on any atom is 0.241 e. The van der Waals surface area contributed by atoms with Crippen LogP contribution in [0.15, 0.2) is 42.5 Å². The van der Waals surface area contributed by atoms with Gasteiger partial charge in [0.2, 0.25) is 5.91 Å². The average molecular weight is 381 g/mol. The van der Waals surface area contributed by atoms with Gasteiger partial charge in [-0.25, -0.2) is 0 Å². The van der Waals surface area contributed by atoms with Crippen LogP contribution in [0.4, 0.5) is 5.69 Å². The van der Waals surface area contributed by atoms with Crippen molar-refractivity contribution in [2.75, 3.05) is 18.5 Å². The Labute approximate surface area is 166 Å². The second-order valence-electron chi connectivity index (χ2n) is 6.33. The number of hydrogen-bond donors (Lipinski definition) is 2. The number of amides is 1. The van der Waals surface area contributed by atoms with Crippen LogP contribution in [0.3, 0.4) is 0 Å². The van der Waals surface area contributed by atoms with Gasteiger partial charge >= 0.3 is 0 Å². The van der Waals surface area contributed by atoms with E-state index in [0.29, 0.717) is 36.0 Å². The van der Waals surface area contributed by atoms with E-state index in [1.807, 2.05) is 39.0 Å². The molecule has 148 valence electrons. The normalized spacial score (nSPS) is 12.5. The zero-order valence-corrected chi connectivity index (χ0v) is 16.8. The molecule has 0 saturated heterocycles. The highest BCUT2D eigenvalue weighted by Gasteiger charge is 2.18. The molecule has 0 heterocycles. The van der Waals surface area contributed by atoms with E-state index >= 15 is 0 Å². The fourth-order valence-corrected chi connectivity index (χ4v) is 2.81. The van der Waals surface area contributed by atoms with E-state index in [1.165, 1.54) is 0 Å². The van der Waals surface area contributed by atoms with Gasteiger partial charge in [-0.05, 0) is 57.5 Å². The summed E-state index contributed by atoms with van der Waals surface area (Å²) in [6, 6.07) is 14.3. The van der Waals surface area contributed by atoms with Crippen LogP contribution in [0, 0.1) is 11.3 Å². The van der Waals surface area contributed by atoms with Gasteiger partial charge in [0, 0.05) is 6.04 Å². The Balaban J connectivity index is 2.06.